The molecule has 1 atom stereocenters. The summed E-state index contributed by atoms with van der Waals surface area (Å²) in [6, 6.07) is 10.1. The summed E-state index contributed by atoms with van der Waals surface area (Å²) in [5.74, 6) is 0.406. The van der Waals surface area contributed by atoms with E-state index >= 15 is 0 Å². The predicted octanol–water partition coefficient (Wildman–Crippen LogP) is 4.71. The van der Waals surface area contributed by atoms with Crippen LogP contribution in [0.2, 0.25) is 0 Å². The highest BCUT2D eigenvalue weighted by molar-refractivity contribution is 9.10. The number of carbonyl (C=O) groups excluding carboxylic acids is 1. The van der Waals surface area contributed by atoms with Crippen LogP contribution in [0.3, 0.4) is 0 Å². The summed E-state index contributed by atoms with van der Waals surface area (Å²) in [4.78, 5) is 12.4. The van der Waals surface area contributed by atoms with E-state index in [1.807, 2.05) is 18.2 Å². The number of alkyl halides is 2. The van der Waals surface area contributed by atoms with Gasteiger partial charge in [0.25, 0.3) is 0 Å². The third-order valence-corrected chi connectivity index (χ3v) is 4.67. The molecule has 0 aromatic heterocycles. The summed E-state index contributed by atoms with van der Waals surface area (Å²) in [5, 5.41) is 2.91. The van der Waals surface area contributed by atoms with Crippen LogP contribution in [-0.4, -0.2) is 26.2 Å². The third kappa shape index (κ3) is 4.81. The van der Waals surface area contributed by atoms with E-state index in [0.717, 1.165) is 15.8 Å². The maximum atomic E-state index is 12.7. The molecule has 0 saturated heterocycles. The van der Waals surface area contributed by atoms with Crippen LogP contribution in [0, 0.1) is 0 Å². The van der Waals surface area contributed by atoms with Crippen molar-refractivity contribution in [2.45, 2.75) is 19.1 Å². The molecule has 1 heterocycles. The number of carbonyl (C=O) groups is 1. The van der Waals surface area contributed by atoms with E-state index in [-0.39, 0.29) is 23.4 Å². The van der Waals surface area contributed by atoms with Crippen molar-refractivity contribution in [3.05, 3.63) is 58.1 Å². The summed E-state index contributed by atoms with van der Waals surface area (Å²) in [6.45, 7) is -2.51. The monoisotopic (exact) mass is 453 g/mol. The number of halogens is 3. The fourth-order valence-corrected chi connectivity index (χ4v) is 3.32. The second-order valence-corrected chi connectivity index (χ2v) is 6.89. The van der Waals surface area contributed by atoms with E-state index in [1.54, 1.807) is 12.1 Å². The van der Waals surface area contributed by atoms with Crippen LogP contribution < -0.4 is 19.5 Å². The van der Waals surface area contributed by atoms with Crippen molar-refractivity contribution in [1.82, 2.24) is 5.32 Å². The van der Waals surface area contributed by atoms with E-state index in [1.165, 1.54) is 25.3 Å². The van der Waals surface area contributed by atoms with Crippen molar-refractivity contribution in [3.8, 4) is 17.2 Å². The molecule has 28 heavy (non-hydrogen) atoms. The van der Waals surface area contributed by atoms with Gasteiger partial charge in [0.15, 0.2) is 11.5 Å². The molecule has 2 aromatic rings. The van der Waals surface area contributed by atoms with Gasteiger partial charge in [-0.3, -0.25) is 4.79 Å². The Kier molecular flexibility index (Phi) is 6.51. The van der Waals surface area contributed by atoms with Gasteiger partial charge in [0.1, 0.15) is 5.75 Å². The van der Waals surface area contributed by atoms with Crippen molar-refractivity contribution in [3.63, 3.8) is 0 Å². The summed E-state index contributed by atoms with van der Waals surface area (Å²) in [6.07, 6.45) is 3.32. The van der Waals surface area contributed by atoms with Gasteiger partial charge in [-0.2, -0.15) is 8.78 Å². The number of ether oxygens (including phenoxy) is 3. The van der Waals surface area contributed by atoms with Gasteiger partial charge in [0.2, 0.25) is 5.91 Å². The third-order valence-electron chi connectivity index (χ3n) is 4.18. The highest BCUT2D eigenvalue weighted by atomic mass is 79.9. The van der Waals surface area contributed by atoms with E-state index in [9.17, 15) is 13.6 Å². The maximum absolute atomic E-state index is 12.7. The Morgan fingerprint density at radius 2 is 2.18 bits per heavy atom. The molecule has 5 nitrogen and oxygen atoms in total. The Balaban J connectivity index is 1.76. The van der Waals surface area contributed by atoms with Gasteiger partial charge < -0.3 is 19.5 Å². The summed E-state index contributed by atoms with van der Waals surface area (Å²) in [7, 11) is 1.36. The Labute approximate surface area is 169 Å². The van der Waals surface area contributed by atoms with Gasteiger partial charge in [0, 0.05) is 28.1 Å². The molecule has 1 amide bonds. The molecule has 3 rings (SSSR count). The molecule has 8 heteroatoms. The predicted molar refractivity (Wildman–Crippen MR) is 104 cm³/mol. The number of nitrogens with one attached hydrogen (secondary N) is 1. The molecule has 1 aliphatic rings. The lowest BCUT2D eigenvalue weighted by Gasteiger charge is -2.26. The van der Waals surface area contributed by atoms with Gasteiger partial charge in [-0.15, -0.1) is 0 Å². The second-order valence-electron chi connectivity index (χ2n) is 5.97. The van der Waals surface area contributed by atoms with Crippen LogP contribution in [0.5, 0.6) is 17.2 Å². The van der Waals surface area contributed by atoms with Crippen molar-refractivity contribution in [2.75, 3.05) is 13.7 Å². The smallest absolute Gasteiger partial charge is 0.387 e. The average molecular weight is 454 g/mol. The standard InChI is InChI=1S/C20H18BrF2NO4/c1-26-17-4-2-3-12(19(17)28-20(22)23)5-8-18(25)24-15-9-10-27-16-7-6-13(21)11-14(15)16/h2-8,11,15,20H,9-10H2,1H3,(H,24,25)/b8-5+. The first-order valence-corrected chi connectivity index (χ1v) is 9.30. The van der Waals surface area contributed by atoms with Crippen molar-refractivity contribution < 1.29 is 27.8 Å². The van der Waals surface area contributed by atoms with Crippen LogP contribution >= 0.6 is 15.9 Å². The molecule has 1 N–H and O–H groups in total. The maximum Gasteiger partial charge on any atom is 0.387 e. The molecule has 0 spiro atoms. The van der Waals surface area contributed by atoms with Gasteiger partial charge in [-0.25, -0.2) is 0 Å². The lowest BCUT2D eigenvalue weighted by atomic mass is 10.0. The molecule has 0 radical (unpaired) electrons. The number of hydrogen-bond donors (Lipinski definition) is 1. The topological polar surface area (TPSA) is 56.8 Å². The van der Waals surface area contributed by atoms with Crippen LogP contribution in [0.1, 0.15) is 23.6 Å². The first-order chi connectivity index (χ1) is 13.5. The minimum atomic E-state index is -3.01. The van der Waals surface area contributed by atoms with Crippen molar-refractivity contribution in [2.24, 2.45) is 0 Å². The zero-order valence-electron chi connectivity index (χ0n) is 15.0. The molecule has 0 saturated carbocycles. The minimum absolute atomic E-state index is 0.121. The molecular formula is C20H18BrF2NO4. The van der Waals surface area contributed by atoms with Crippen molar-refractivity contribution >= 4 is 27.9 Å². The number of hydrogen-bond acceptors (Lipinski definition) is 4. The van der Waals surface area contributed by atoms with Gasteiger partial charge >= 0.3 is 6.61 Å². The molecule has 148 valence electrons. The number of benzene rings is 2. The Hall–Kier alpha value is -2.61. The lowest BCUT2D eigenvalue weighted by Crippen LogP contribution is -2.31. The summed E-state index contributed by atoms with van der Waals surface area (Å²) in [5.41, 5.74) is 1.19. The number of rotatable bonds is 6. The zero-order valence-corrected chi connectivity index (χ0v) is 16.5. The summed E-state index contributed by atoms with van der Waals surface area (Å²) >= 11 is 3.42. The molecule has 1 aliphatic heterocycles. The molecule has 0 fully saturated rings. The summed E-state index contributed by atoms with van der Waals surface area (Å²) < 4.78 is 41.5. The van der Waals surface area contributed by atoms with E-state index < -0.39 is 6.61 Å². The van der Waals surface area contributed by atoms with Gasteiger partial charge in [0.05, 0.1) is 19.8 Å². The number of fused-ring (bicyclic) bond motifs is 1. The second kappa shape index (κ2) is 9.05. The molecule has 2 aromatic carbocycles. The Bertz CT molecular complexity index is 889. The number of para-hydroxylation sites is 1. The van der Waals surface area contributed by atoms with Crippen LogP contribution in [0.25, 0.3) is 6.08 Å². The average Bonchev–Trinajstić information content (AvgIpc) is 2.67. The van der Waals surface area contributed by atoms with Crippen LogP contribution in [-0.2, 0) is 4.79 Å². The Morgan fingerprint density at radius 1 is 1.36 bits per heavy atom. The zero-order chi connectivity index (χ0) is 20.1. The number of amides is 1. The molecule has 0 bridgehead atoms. The largest absolute Gasteiger partial charge is 0.493 e. The van der Waals surface area contributed by atoms with Crippen LogP contribution in [0.15, 0.2) is 46.9 Å². The quantitative estimate of drug-likeness (QED) is 0.643. The highest BCUT2D eigenvalue weighted by Gasteiger charge is 2.22. The van der Waals surface area contributed by atoms with E-state index in [0.29, 0.717) is 18.6 Å². The molecule has 1 unspecified atom stereocenters. The van der Waals surface area contributed by atoms with E-state index in [2.05, 4.69) is 26.0 Å². The fourth-order valence-electron chi connectivity index (χ4n) is 2.94. The SMILES string of the molecule is COc1cccc(/C=C/C(=O)NC2CCOc3ccc(Br)cc32)c1OC(F)F. The van der Waals surface area contributed by atoms with Gasteiger partial charge in [-0.1, -0.05) is 28.1 Å². The fraction of sp³-hybridized carbons (Fsp3) is 0.250. The van der Waals surface area contributed by atoms with Crippen molar-refractivity contribution in [1.29, 1.82) is 0 Å². The first kappa shape index (κ1) is 20.1. The normalized spacial score (nSPS) is 15.8. The molecule has 0 aliphatic carbocycles. The van der Waals surface area contributed by atoms with E-state index in [4.69, 9.17) is 9.47 Å². The lowest BCUT2D eigenvalue weighted by molar-refractivity contribution is -0.117. The Morgan fingerprint density at radius 3 is 2.93 bits per heavy atom. The molecular weight excluding hydrogens is 436 g/mol. The highest BCUT2D eigenvalue weighted by Crippen LogP contribution is 2.35. The van der Waals surface area contributed by atoms with Gasteiger partial charge in [-0.05, 0) is 30.3 Å². The minimum Gasteiger partial charge on any atom is -0.493 e. The first-order valence-electron chi connectivity index (χ1n) is 8.50. The van der Waals surface area contributed by atoms with Crippen LogP contribution in [0.4, 0.5) is 8.78 Å². The number of methoxy groups -OCH3 is 1.